The zero-order valence-electron chi connectivity index (χ0n) is 13.9. The van der Waals surface area contributed by atoms with Gasteiger partial charge in [0.25, 0.3) is 0 Å². The van der Waals surface area contributed by atoms with Crippen LogP contribution in [0.25, 0.3) is 5.65 Å². The summed E-state index contributed by atoms with van der Waals surface area (Å²) in [5.74, 6) is 0.586. The van der Waals surface area contributed by atoms with Gasteiger partial charge in [-0.05, 0) is 34.9 Å². The van der Waals surface area contributed by atoms with Crippen LogP contribution in [-0.4, -0.2) is 31.6 Å². The number of nitrogens with zero attached hydrogens (tertiary/aromatic N) is 5. The Labute approximate surface area is 161 Å². The van der Waals surface area contributed by atoms with Crippen molar-refractivity contribution in [2.45, 2.75) is 9.37 Å². The van der Waals surface area contributed by atoms with Crippen LogP contribution in [0.15, 0.2) is 58.0 Å². The fourth-order valence-corrected chi connectivity index (χ4v) is 4.22. The van der Waals surface area contributed by atoms with E-state index < -0.39 is 4.92 Å². The summed E-state index contributed by atoms with van der Waals surface area (Å²) in [6, 6.07) is 12.7. The van der Waals surface area contributed by atoms with E-state index in [1.54, 1.807) is 31.5 Å². The average molecular weight is 400 g/mol. The molecule has 27 heavy (non-hydrogen) atoms. The van der Waals surface area contributed by atoms with E-state index in [2.05, 4.69) is 20.5 Å². The fourth-order valence-electron chi connectivity index (χ4n) is 2.44. The van der Waals surface area contributed by atoms with Crippen LogP contribution in [0.2, 0.25) is 0 Å². The lowest BCUT2D eigenvalue weighted by molar-refractivity contribution is -0.393. The highest BCUT2D eigenvalue weighted by atomic mass is 32.2. The molecule has 9 nitrogen and oxygen atoms in total. The SMILES string of the molecule is COc1ccccc1Nc1nnc(Sc2nc3ccccn3c2[N+](=O)[O-])s1. The molecule has 0 atom stereocenters. The number of hydrogen-bond acceptors (Lipinski definition) is 9. The van der Waals surface area contributed by atoms with E-state index >= 15 is 0 Å². The number of ether oxygens (including phenoxy) is 1. The summed E-state index contributed by atoms with van der Waals surface area (Å²) >= 11 is 2.38. The van der Waals surface area contributed by atoms with Gasteiger partial charge in [0.2, 0.25) is 15.8 Å². The smallest absolute Gasteiger partial charge is 0.362 e. The number of anilines is 2. The van der Waals surface area contributed by atoms with Gasteiger partial charge in [-0.25, -0.2) is 0 Å². The van der Waals surface area contributed by atoms with Crippen LogP contribution >= 0.6 is 23.1 Å². The van der Waals surface area contributed by atoms with Crippen molar-refractivity contribution in [3.63, 3.8) is 0 Å². The van der Waals surface area contributed by atoms with Crippen molar-refractivity contribution in [3.05, 3.63) is 58.8 Å². The van der Waals surface area contributed by atoms with Crippen LogP contribution in [0.5, 0.6) is 5.75 Å². The Balaban J connectivity index is 1.61. The second-order valence-corrected chi connectivity index (χ2v) is 7.44. The number of imidazole rings is 1. The van der Waals surface area contributed by atoms with Crippen molar-refractivity contribution >= 4 is 45.4 Å². The van der Waals surface area contributed by atoms with Crippen LogP contribution in [0.1, 0.15) is 0 Å². The quantitative estimate of drug-likeness (QED) is 0.382. The lowest BCUT2D eigenvalue weighted by atomic mass is 10.3. The maximum absolute atomic E-state index is 11.5. The van der Waals surface area contributed by atoms with E-state index in [-0.39, 0.29) is 10.8 Å². The first-order valence-electron chi connectivity index (χ1n) is 7.68. The summed E-state index contributed by atoms with van der Waals surface area (Å²) in [6.07, 6.45) is 1.61. The van der Waals surface area contributed by atoms with E-state index in [1.807, 2.05) is 24.3 Å². The highest BCUT2D eigenvalue weighted by Gasteiger charge is 2.24. The molecule has 0 radical (unpaired) electrons. The van der Waals surface area contributed by atoms with Crippen LogP contribution in [0.4, 0.5) is 16.6 Å². The predicted octanol–water partition coefficient (Wildman–Crippen LogP) is 4.00. The topological polar surface area (TPSA) is 107 Å². The van der Waals surface area contributed by atoms with Crippen LogP contribution in [0.3, 0.4) is 0 Å². The van der Waals surface area contributed by atoms with E-state index in [9.17, 15) is 10.1 Å². The van der Waals surface area contributed by atoms with Gasteiger partial charge in [0, 0.05) is 6.07 Å². The molecule has 0 unspecified atom stereocenters. The maximum atomic E-state index is 11.5. The molecule has 4 aromatic rings. The number of pyridine rings is 1. The Bertz CT molecular complexity index is 1130. The molecule has 0 aliphatic carbocycles. The van der Waals surface area contributed by atoms with E-state index in [4.69, 9.17) is 4.74 Å². The van der Waals surface area contributed by atoms with Gasteiger partial charge in [0.05, 0.1) is 19.0 Å². The van der Waals surface area contributed by atoms with Gasteiger partial charge in [-0.2, -0.15) is 9.38 Å². The normalized spacial score (nSPS) is 10.9. The molecule has 4 rings (SSSR count). The number of para-hydroxylation sites is 2. The van der Waals surface area contributed by atoms with E-state index in [1.165, 1.54) is 15.7 Å². The molecule has 1 N–H and O–H groups in total. The van der Waals surface area contributed by atoms with E-state index in [0.717, 1.165) is 17.4 Å². The van der Waals surface area contributed by atoms with Crippen molar-refractivity contribution in [2.24, 2.45) is 0 Å². The molecule has 0 bridgehead atoms. The summed E-state index contributed by atoms with van der Waals surface area (Å²) in [5.41, 5.74) is 1.26. The fraction of sp³-hybridized carbons (Fsp3) is 0.0625. The summed E-state index contributed by atoms with van der Waals surface area (Å²) < 4.78 is 7.28. The predicted molar refractivity (Wildman–Crippen MR) is 102 cm³/mol. The first-order chi connectivity index (χ1) is 13.2. The minimum absolute atomic E-state index is 0.0926. The summed E-state index contributed by atoms with van der Waals surface area (Å²) in [7, 11) is 1.59. The number of fused-ring (bicyclic) bond motifs is 1. The third-order valence-corrected chi connectivity index (χ3v) is 5.44. The second-order valence-electron chi connectivity index (χ2n) is 5.23. The molecule has 0 saturated heterocycles. The van der Waals surface area contributed by atoms with Gasteiger partial charge in [-0.15, -0.1) is 10.2 Å². The minimum Gasteiger partial charge on any atom is -0.495 e. The third-order valence-electron chi connectivity index (χ3n) is 3.59. The van der Waals surface area contributed by atoms with Gasteiger partial charge in [0.1, 0.15) is 5.75 Å². The van der Waals surface area contributed by atoms with Gasteiger partial charge in [0.15, 0.2) is 4.34 Å². The summed E-state index contributed by atoms with van der Waals surface area (Å²) in [5, 5.41) is 23.6. The molecule has 0 amide bonds. The minimum atomic E-state index is -0.447. The number of aromatic nitrogens is 4. The van der Waals surface area contributed by atoms with Crippen molar-refractivity contribution in [3.8, 4) is 5.75 Å². The van der Waals surface area contributed by atoms with Crippen molar-refractivity contribution in [2.75, 3.05) is 12.4 Å². The number of nitrogens with one attached hydrogen (secondary N) is 1. The number of hydrogen-bond donors (Lipinski definition) is 1. The number of benzene rings is 1. The second kappa shape index (κ2) is 7.21. The molecule has 136 valence electrons. The van der Waals surface area contributed by atoms with Gasteiger partial charge in [-0.1, -0.05) is 29.5 Å². The molecule has 1 aromatic carbocycles. The average Bonchev–Trinajstić information content (AvgIpc) is 3.26. The first-order valence-corrected chi connectivity index (χ1v) is 9.32. The summed E-state index contributed by atoms with van der Waals surface area (Å²) in [4.78, 5) is 15.4. The lowest BCUT2D eigenvalue weighted by Crippen LogP contribution is -1.94. The van der Waals surface area contributed by atoms with Crippen molar-refractivity contribution in [1.29, 1.82) is 0 Å². The van der Waals surface area contributed by atoms with Gasteiger partial charge in [-0.3, -0.25) is 0 Å². The highest BCUT2D eigenvalue weighted by molar-refractivity contribution is 8.01. The monoisotopic (exact) mass is 400 g/mol. The van der Waals surface area contributed by atoms with Crippen molar-refractivity contribution < 1.29 is 9.66 Å². The molecule has 11 heteroatoms. The van der Waals surface area contributed by atoms with Crippen molar-refractivity contribution in [1.82, 2.24) is 19.6 Å². The number of rotatable bonds is 6. The molecular formula is C16H12N6O3S2. The largest absolute Gasteiger partial charge is 0.495 e. The van der Waals surface area contributed by atoms with Crippen LogP contribution in [0, 0.1) is 10.1 Å². The summed E-state index contributed by atoms with van der Waals surface area (Å²) in [6.45, 7) is 0. The third kappa shape index (κ3) is 3.41. The van der Waals surface area contributed by atoms with E-state index in [0.29, 0.717) is 20.9 Å². The number of nitro groups is 1. The Morgan fingerprint density at radius 1 is 1.22 bits per heavy atom. The number of methoxy groups -OCH3 is 1. The molecule has 3 aromatic heterocycles. The molecule has 3 heterocycles. The lowest BCUT2D eigenvalue weighted by Gasteiger charge is -2.07. The zero-order chi connectivity index (χ0) is 18.8. The Kier molecular flexibility index (Phi) is 4.60. The standard InChI is InChI=1S/C16H12N6O3S2/c1-25-11-7-3-2-6-10(11)17-15-19-20-16(27-15)26-13-14(22(23)24)21-9-5-4-8-12(21)18-13/h2-9H,1H3,(H,17,19). The molecule has 0 fully saturated rings. The Morgan fingerprint density at radius 3 is 2.85 bits per heavy atom. The highest BCUT2D eigenvalue weighted by Crippen LogP contribution is 2.38. The van der Waals surface area contributed by atoms with Crippen LogP contribution in [-0.2, 0) is 0 Å². The Morgan fingerprint density at radius 2 is 2.04 bits per heavy atom. The molecular weight excluding hydrogens is 388 g/mol. The molecule has 0 saturated carbocycles. The Hall–Kier alpha value is -3.18. The first kappa shape index (κ1) is 17.2. The maximum Gasteiger partial charge on any atom is 0.362 e. The molecule has 0 aliphatic heterocycles. The molecule has 0 aliphatic rings. The van der Waals surface area contributed by atoms with Gasteiger partial charge < -0.3 is 20.2 Å². The zero-order valence-corrected chi connectivity index (χ0v) is 15.5. The van der Waals surface area contributed by atoms with Gasteiger partial charge >= 0.3 is 5.82 Å². The van der Waals surface area contributed by atoms with Crippen LogP contribution < -0.4 is 10.1 Å². The molecule has 0 spiro atoms.